The van der Waals surface area contributed by atoms with Crippen molar-refractivity contribution in [2.75, 3.05) is 45.7 Å². The summed E-state index contributed by atoms with van der Waals surface area (Å²) < 4.78 is 11.2. The summed E-state index contributed by atoms with van der Waals surface area (Å²) in [5, 5.41) is 6.87. The van der Waals surface area contributed by atoms with Crippen molar-refractivity contribution in [3.05, 3.63) is 65.0 Å². The number of para-hydroxylation sites is 2. The Morgan fingerprint density at radius 1 is 0.865 bits per heavy atom. The zero-order chi connectivity index (χ0) is 25.9. The minimum Gasteiger partial charge on any atom is -0.469 e. The minimum absolute atomic E-state index is 0.0873. The first kappa shape index (κ1) is 24.5. The fourth-order valence-electron chi connectivity index (χ4n) is 4.85. The van der Waals surface area contributed by atoms with Gasteiger partial charge in [-0.05, 0) is 30.3 Å². The zero-order valence-electron chi connectivity index (χ0n) is 20.8. The molecule has 5 aromatic rings. The lowest BCUT2D eigenvalue weighted by molar-refractivity contribution is -0.141. The fraction of sp³-hybridized carbons (Fsp3) is 0.286. The first-order valence-electron chi connectivity index (χ1n) is 12.2. The maximum atomic E-state index is 13.5. The van der Waals surface area contributed by atoms with Crippen molar-refractivity contribution >= 4 is 55.9 Å². The van der Waals surface area contributed by atoms with E-state index in [1.54, 1.807) is 4.40 Å². The number of ether oxygens (including phenoxy) is 2. The zero-order valence-corrected chi connectivity index (χ0v) is 20.8. The van der Waals surface area contributed by atoms with Crippen LogP contribution in [0, 0.1) is 0 Å². The molecule has 0 atom stereocenters. The van der Waals surface area contributed by atoms with E-state index < -0.39 is 0 Å². The quantitative estimate of drug-likeness (QED) is 0.291. The van der Waals surface area contributed by atoms with Gasteiger partial charge in [-0.15, -0.1) is 0 Å². The predicted octanol–water partition coefficient (Wildman–Crippen LogP) is 3.43. The van der Waals surface area contributed by atoms with Crippen LogP contribution in [0.2, 0.25) is 0 Å². The standard InChI is InChI=1S/C28H28N4O5/c1-36-24(33)12-15-31(16-13-25(34)37-2)17-14-29-21-11-10-19-26-18(21)6-5-7-20(26)28(35)32-23-9-4-3-8-22(23)30-27(19)32/h3-11,29H,12-17H2,1-2H3. The van der Waals surface area contributed by atoms with Crippen LogP contribution in [0.5, 0.6) is 0 Å². The minimum atomic E-state index is -0.296. The van der Waals surface area contributed by atoms with Crippen molar-refractivity contribution in [3.63, 3.8) is 0 Å². The summed E-state index contributed by atoms with van der Waals surface area (Å²) in [5.41, 5.74) is 3.05. The summed E-state index contributed by atoms with van der Waals surface area (Å²) >= 11 is 0. The van der Waals surface area contributed by atoms with Gasteiger partial charge in [0.2, 0.25) is 0 Å². The molecule has 1 N–H and O–H groups in total. The maximum absolute atomic E-state index is 13.5. The Hall–Kier alpha value is -4.24. The Bertz CT molecular complexity index is 1640. The molecule has 0 aliphatic carbocycles. The molecule has 0 saturated carbocycles. The smallest absolute Gasteiger partial charge is 0.306 e. The molecule has 2 aromatic heterocycles. The average molecular weight is 501 g/mol. The van der Waals surface area contributed by atoms with Crippen LogP contribution in [0.25, 0.3) is 38.2 Å². The number of nitrogens with zero attached hydrogens (tertiary/aromatic N) is 3. The Morgan fingerprint density at radius 2 is 1.57 bits per heavy atom. The summed E-state index contributed by atoms with van der Waals surface area (Å²) in [6.45, 7) is 2.12. The van der Waals surface area contributed by atoms with Gasteiger partial charge in [-0.25, -0.2) is 4.98 Å². The number of hydrogen-bond donors (Lipinski definition) is 1. The average Bonchev–Trinajstić information content (AvgIpc) is 3.32. The largest absolute Gasteiger partial charge is 0.469 e. The van der Waals surface area contributed by atoms with Gasteiger partial charge in [0.15, 0.2) is 0 Å². The van der Waals surface area contributed by atoms with E-state index in [1.165, 1.54) is 14.2 Å². The first-order chi connectivity index (χ1) is 18.0. The number of carbonyl (C=O) groups is 2. The lowest BCUT2D eigenvalue weighted by Crippen LogP contribution is -2.33. The van der Waals surface area contributed by atoms with Crippen LogP contribution in [0.15, 0.2) is 59.4 Å². The van der Waals surface area contributed by atoms with E-state index in [0.717, 1.165) is 32.9 Å². The second-order valence-electron chi connectivity index (χ2n) is 8.87. The highest BCUT2D eigenvalue weighted by molar-refractivity contribution is 6.18. The number of hydrogen-bond acceptors (Lipinski definition) is 8. The number of fused-ring (bicyclic) bond motifs is 4. The Balaban J connectivity index is 1.43. The number of esters is 2. The number of pyridine rings is 1. The number of benzene rings is 3. The molecule has 3 aromatic carbocycles. The SMILES string of the molecule is COC(=O)CCN(CCNc1ccc2c3c1cccc3c(=O)n1c3ccccc3nc21)CCC(=O)OC. The first-order valence-corrected chi connectivity index (χ1v) is 12.2. The van der Waals surface area contributed by atoms with E-state index in [1.807, 2.05) is 59.5 Å². The highest BCUT2D eigenvalue weighted by Crippen LogP contribution is 2.33. The van der Waals surface area contributed by atoms with Gasteiger partial charge < -0.3 is 19.7 Å². The third kappa shape index (κ3) is 4.65. The number of aromatic nitrogens is 2. The molecule has 0 radical (unpaired) electrons. The van der Waals surface area contributed by atoms with Gasteiger partial charge in [-0.1, -0.05) is 24.3 Å². The van der Waals surface area contributed by atoms with Crippen molar-refractivity contribution in [1.29, 1.82) is 0 Å². The summed E-state index contributed by atoms with van der Waals surface area (Å²) in [6, 6.07) is 17.4. The molecule has 37 heavy (non-hydrogen) atoms. The van der Waals surface area contributed by atoms with Gasteiger partial charge in [0.05, 0.1) is 38.1 Å². The number of carbonyl (C=O) groups excluding carboxylic acids is 2. The summed E-state index contributed by atoms with van der Waals surface area (Å²) in [5.74, 6) is -0.592. The molecule has 5 rings (SSSR count). The van der Waals surface area contributed by atoms with Gasteiger partial charge >= 0.3 is 11.9 Å². The van der Waals surface area contributed by atoms with Crippen molar-refractivity contribution in [2.45, 2.75) is 12.8 Å². The predicted molar refractivity (Wildman–Crippen MR) is 143 cm³/mol. The third-order valence-electron chi connectivity index (χ3n) is 6.74. The van der Waals surface area contributed by atoms with Crippen LogP contribution >= 0.6 is 0 Å². The van der Waals surface area contributed by atoms with Crippen LogP contribution in [0.4, 0.5) is 5.69 Å². The van der Waals surface area contributed by atoms with Crippen LogP contribution < -0.4 is 10.9 Å². The lowest BCUT2D eigenvalue weighted by atomic mass is 10.0. The normalized spacial score (nSPS) is 11.6. The number of rotatable bonds is 10. The van der Waals surface area contributed by atoms with Crippen LogP contribution in [-0.2, 0) is 19.1 Å². The van der Waals surface area contributed by atoms with Crippen molar-refractivity contribution in [2.24, 2.45) is 0 Å². The highest BCUT2D eigenvalue weighted by Gasteiger charge is 2.17. The summed E-state index contributed by atoms with van der Waals surface area (Å²) in [7, 11) is 2.72. The van der Waals surface area contributed by atoms with Gasteiger partial charge in [-0.2, -0.15) is 0 Å². The van der Waals surface area contributed by atoms with E-state index >= 15 is 0 Å². The fourth-order valence-corrected chi connectivity index (χ4v) is 4.85. The lowest BCUT2D eigenvalue weighted by Gasteiger charge is -2.22. The Kier molecular flexibility index (Phi) is 6.87. The molecular weight excluding hydrogens is 472 g/mol. The molecule has 2 heterocycles. The van der Waals surface area contributed by atoms with Crippen LogP contribution in [0.1, 0.15) is 12.8 Å². The monoisotopic (exact) mass is 500 g/mol. The molecule has 0 saturated heterocycles. The molecule has 0 amide bonds. The molecule has 0 fully saturated rings. The van der Waals surface area contributed by atoms with Crippen molar-refractivity contribution in [1.82, 2.24) is 14.3 Å². The van der Waals surface area contributed by atoms with E-state index in [-0.39, 0.29) is 30.3 Å². The second-order valence-corrected chi connectivity index (χ2v) is 8.87. The number of nitrogens with one attached hydrogen (secondary N) is 1. The van der Waals surface area contributed by atoms with Crippen LogP contribution in [-0.4, -0.2) is 66.6 Å². The van der Waals surface area contributed by atoms with Crippen molar-refractivity contribution in [3.8, 4) is 0 Å². The van der Waals surface area contributed by atoms with Crippen LogP contribution in [0.3, 0.4) is 0 Å². The summed E-state index contributed by atoms with van der Waals surface area (Å²) in [6.07, 6.45) is 0.476. The molecule has 9 heteroatoms. The summed E-state index contributed by atoms with van der Waals surface area (Å²) in [4.78, 5) is 43.6. The topological polar surface area (TPSA) is 102 Å². The molecule has 0 aliphatic rings. The Morgan fingerprint density at radius 3 is 2.30 bits per heavy atom. The van der Waals surface area contributed by atoms with Crippen molar-refractivity contribution < 1.29 is 19.1 Å². The molecule has 0 bridgehead atoms. The molecule has 190 valence electrons. The van der Waals surface area contributed by atoms with Gasteiger partial charge in [0, 0.05) is 53.4 Å². The second kappa shape index (κ2) is 10.4. The number of imidazole rings is 1. The van der Waals surface area contributed by atoms with E-state index in [0.29, 0.717) is 37.2 Å². The molecule has 9 nitrogen and oxygen atoms in total. The van der Waals surface area contributed by atoms with Gasteiger partial charge in [0.25, 0.3) is 5.56 Å². The maximum Gasteiger partial charge on any atom is 0.306 e. The van der Waals surface area contributed by atoms with E-state index in [4.69, 9.17) is 14.5 Å². The molecular formula is C28H28N4O5. The number of anilines is 1. The Labute approximate surface area is 212 Å². The van der Waals surface area contributed by atoms with Gasteiger partial charge in [-0.3, -0.25) is 18.8 Å². The third-order valence-corrected chi connectivity index (χ3v) is 6.74. The van der Waals surface area contributed by atoms with E-state index in [2.05, 4.69) is 5.32 Å². The molecule has 0 aliphatic heterocycles. The van der Waals surface area contributed by atoms with Gasteiger partial charge in [0.1, 0.15) is 5.65 Å². The molecule has 0 spiro atoms. The molecule has 0 unspecified atom stereocenters. The number of methoxy groups -OCH3 is 2. The highest BCUT2D eigenvalue weighted by atomic mass is 16.5. The van der Waals surface area contributed by atoms with E-state index in [9.17, 15) is 14.4 Å².